The van der Waals surface area contributed by atoms with Crippen molar-refractivity contribution < 1.29 is 28.6 Å². The van der Waals surface area contributed by atoms with Gasteiger partial charge in [0, 0.05) is 17.3 Å². The van der Waals surface area contributed by atoms with Gasteiger partial charge in [0.2, 0.25) is 0 Å². The number of ether oxygens (including phenoxy) is 2. The van der Waals surface area contributed by atoms with E-state index in [0.29, 0.717) is 40.7 Å². The van der Waals surface area contributed by atoms with Gasteiger partial charge in [-0.3, -0.25) is 14.5 Å². The Balaban J connectivity index is 1.93. The molecule has 1 saturated heterocycles. The summed E-state index contributed by atoms with van der Waals surface area (Å²) in [7, 11) is 1.60. The normalized spacial score (nSPS) is 17.3. The maximum Gasteiger partial charge on any atom is 0.300 e. The van der Waals surface area contributed by atoms with Crippen LogP contribution in [0.1, 0.15) is 55.2 Å². The SMILES string of the molecule is CCOc1cccc(N2C(=O)C(=O)/C(=C(/O)c3cc(C(C)C)c(OC)cc3C)C2c2ccco2)c1. The standard InChI is InChI=1S/C28H29NO6/c1-6-34-19-10-7-9-18(14-19)29-25(22-11-8-12-35-22)24(27(31)28(29)32)26(30)21-15-20(16(2)3)23(33-5)13-17(21)4/h7-16,25,30H,6H2,1-5H3/b26-24+. The number of aryl methyl sites for hydroxylation is 1. The Labute approximate surface area is 204 Å². The highest BCUT2D eigenvalue weighted by molar-refractivity contribution is 6.51. The Bertz CT molecular complexity index is 1290. The zero-order valence-electron chi connectivity index (χ0n) is 20.5. The van der Waals surface area contributed by atoms with Gasteiger partial charge in [-0.05, 0) is 67.3 Å². The third-order valence-electron chi connectivity index (χ3n) is 6.12. The van der Waals surface area contributed by atoms with Crippen LogP contribution in [0.25, 0.3) is 5.76 Å². The molecule has 1 aromatic heterocycles. The summed E-state index contributed by atoms with van der Waals surface area (Å²) < 4.78 is 16.8. The fourth-order valence-electron chi connectivity index (χ4n) is 4.43. The number of aliphatic hydroxyl groups is 1. The second-order valence-electron chi connectivity index (χ2n) is 8.68. The maximum atomic E-state index is 13.4. The second kappa shape index (κ2) is 9.70. The van der Waals surface area contributed by atoms with Crippen LogP contribution < -0.4 is 14.4 Å². The number of benzene rings is 2. The minimum Gasteiger partial charge on any atom is -0.507 e. The molecule has 0 radical (unpaired) electrons. The van der Waals surface area contributed by atoms with E-state index in [4.69, 9.17) is 13.9 Å². The number of aliphatic hydroxyl groups excluding tert-OH is 1. The van der Waals surface area contributed by atoms with Crippen LogP contribution in [0, 0.1) is 6.92 Å². The average Bonchev–Trinajstić information content (AvgIpc) is 3.45. The quantitative estimate of drug-likeness (QED) is 0.266. The molecule has 1 N–H and O–H groups in total. The van der Waals surface area contributed by atoms with Crippen LogP contribution in [0.4, 0.5) is 5.69 Å². The van der Waals surface area contributed by atoms with Crippen LogP contribution in [0.2, 0.25) is 0 Å². The van der Waals surface area contributed by atoms with Crippen molar-refractivity contribution in [3.05, 3.63) is 82.8 Å². The molecule has 2 aromatic carbocycles. The predicted octanol–water partition coefficient (Wildman–Crippen LogP) is 5.75. The number of carbonyl (C=O) groups is 2. The number of Topliss-reactive ketones (excluding diaryl/α,β-unsaturated/α-hetero) is 1. The number of anilines is 1. The Morgan fingerprint density at radius 3 is 2.54 bits per heavy atom. The third kappa shape index (κ3) is 4.30. The van der Waals surface area contributed by atoms with E-state index < -0.39 is 17.7 Å². The Morgan fingerprint density at radius 2 is 1.91 bits per heavy atom. The first-order chi connectivity index (χ1) is 16.8. The minimum atomic E-state index is -0.939. The number of carbonyl (C=O) groups excluding carboxylic acids is 2. The maximum absolute atomic E-state index is 13.4. The fraction of sp³-hybridized carbons (Fsp3) is 0.286. The van der Waals surface area contributed by atoms with E-state index in [-0.39, 0.29) is 17.3 Å². The minimum absolute atomic E-state index is 0.0327. The van der Waals surface area contributed by atoms with Crippen molar-refractivity contribution in [3.63, 3.8) is 0 Å². The number of amides is 1. The molecule has 0 saturated carbocycles. The van der Waals surface area contributed by atoms with Gasteiger partial charge in [-0.15, -0.1) is 0 Å². The number of furan rings is 1. The summed E-state index contributed by atoms with van der Waals surface area (Å²) in [6.07, 6.45) is 1.47. The summed E-state index contributed by atoms with van der Waals surface area (Å²) in [5.74, 6) is -0.0499. The van der Waals surface area contributed by atoms with E-state index in [0.717, 1.165) is 5.56 Å². The van der Waals surface area contributed by atoms with Gasteiger partial charge >= 0.3 is 0 Å². The van der Waals surface area contributed by atoms with E-state index >= 15 is 0 Å². The summed E-state index contributed by atoms with van der Waals surface area (Å²) in [5, 5.41) is 11.5. The lowest BCUT2D eigenvalue weighted by atomic mass is 9.92. The van der Waals surface area contributed by atoms with Crippen molar-refractivity contribution in [2.45, 2.75) is 39.7 Å². The molecule has 1 unspecified atom stereocenters. The van der Waals surface area contributed by atoms with Gasteiger partial charge in [0.05, 0.1) is 25.6 Å². The van der Waals surface area contributed by atoms with Gasteiger partial charge in [-0.1, -0.05) is 19.9 Å². The molecule has 0 bridgehead atoms. The molecule has 3 aromatic rings. The monoisotopic (exact) mass is 475 g/mol. The van der Waals surface area contributed by atoms with Gasteiger partial charge in [0.25, 0.3) is 11.7 Å². The molecule has 1 aliphatic rings. The molecule has 7 nitrogen and oxygen atoms in total. The first-order valence-corrected chi connectivity index (χ1v) is 11.5. The smallest absolute Gasteiger partial charge is 0.300 e. The van der Waals surface area contributed by atoms with Crippen LogP contribution >= 0.6 is 0 Å². The third-order valence-corrected chi connectivity index (χ3v) is 6.12. The lowest BCUT2D eigenvalue weighted by Gasteiger charge is -2.24. The number of methoxy groups -OCH3 is 1. The second-order valence-corrected chi connectivity index (χ2v) is 8.68. The molecule has 1 atom stereocenters. The molecule has 0 spiro atoms. The average molecular weight is 476 g/mol. The molecule has 2 heterocycles. The topological polar surface area (TPSA) is 89.2 Å². The number of hydrogen-bond donors (Lipinski definition) is 1. The van der Waals surface area contributed by atoms with Crippen molar-refractivity contribution in [2.24, 2.45) is 0 Å². The summed E-state index contributed by atoms with van der Waals surface area (Å²) >= 11 is 0. The van der Waals surface area contributed by atoms with Gasteiger partial charge < -0.3 is 19.0 Å². The van der Waals surface area contributed by atoms with Gasteiger partial charge in [0.15, 0.2) is 0 Å². The van der Waals surface area contributed by atoms with Crippen LogP contribution in [-0.4, -0.2) is 30.5 Å². The van der Waals surface area contributed by atoms with E-state index in [1.165, 1.54) is 11.2 Å². The molecule has 182 valence electrons. The van der Waals surface area contributed by atoms with E-state index in [2.05, 4.69) is 0 Å². The van der Waals surface area contributed by atoms with Crippen molar-refractivity contribution in [3.8, 4) is 11.5 Å². The zero-order chi connectivity index (χ0) is 25.3. The Morgan fingerprint density at radius 1 is 1.14 bits per heavy atom. The summed E-state index contributed by atoms with van der Waals surface area (Å²) in [6, 6.07) is 13.0. The van der Waals surface area contributed by atoms with E-state index in [1.54, 1.807) is 43.5 Å². The highest BCUT2D eigenvalue weighted by Gasteiger charge is 2.48. The predicted molar refractivity (Wildman–Crippen MR) is 133 cm³/mol. The largest absolute Gasteiger partial charge is 0.507 e. The van der Waals surface area contributed by atoms with Crippen molar-refractivity contribution >= 4 is 23.1 Å². The molecule has 7 heteroatoms. The summed E-state index contributed by atoms with van der Waals surface area (Å²) in [6.45, 7) is 8.18. The molecule has 0 aliphatic carbocycles. The fourth-order valence-corrected chi connectivity index (χ4v) is 4.43. The highest BCUT2D eigenvalue weighted by Crippen LogP contribution is 2.44. The number of hydrogen-bond acceptors (Lipinski definition) is 6. The lowest BCUT2D eigenvalue weighted by molar-refractivity contribution is -0.132. The lowest BCUT2D eigenvalue weighted by Crippen LogP contribution is -2.29. The Kier molecular flexibility index (Phi) is 6.69. The first kappa shape index (κ1) is 24.1. The molecule has 4 rings (SSSR count). The van der Waals surface area contributed by atoms with Crippen molar-refractivity contribution in [1.82, 2.24) is 0 Å². The first-order valence-electron chi connectivity index (χ1n) is 11.5. The van der Waals surface area contributed by atoms with Crippen LogP contribution in [-0.2, 0) is 9.59 Å². The molecule has 1 aliphatic heterocycles. The molecule has 35 heavy (non-hydrogen) atoms. The molecule has 1 fully saturated rings. The van der Waals surface area contributed by atoms with Crippen molar-refractivity contribution in [2.75, 3.05) is 18.6 Å². The molecule has 1 amide bonds. The van der Waals surface area contributed by atoms with Crippen LogP contribution in [0.15, 0.2) is 64.8 Å². The zero-order valence-corrected chi connectivity index (χ0v) is 20.5. The van der Waals surface area contributed by atoms with Crippen molar-refractivity contribution in [1.29, 1.82) is 0 Å². The summed E-state index contributed by atoms with van der Waals surface area (Å²) in [5.41, 5.74) is 2.49. The number of rotatable bonds is 7. The highest BCUT2D eigenvalue weighted by atomic mass is 16.5. The van der Waals surface area contributed by atoms with Crippen LogP contribution in [0.5, 0.6) is 11.5 Å². The van der Waals surface area contributed by atoms with E-state index in [1.807, 2.05) is 39.8 Å². The van der Waals surface area contributed by atoms with Gasteiger partial charge in [-0.2, -0.15) is 0 Å². The van der Waals surface area contributed by atoms with Gasteiger partial charge in [0.1, 0.15) is 29.1 Å². The van der Waals surface area contributed by atoms with Gasteiger partial charge in [-0.25, -0.2) is 0 Å². The molecular formula is C28H29NO6. The summed E-state index contributed by atoms with van der Waals surface area (Å²) in [4.78, 5) is 28.0. The van der Waals surface area contributed by atoms with Crippen LogP contribution in [0.3, 0.4) is 0 Å². The molecular weight excluding hydrogens is 446 g/mol. The Hall–Kier alpha value is -4.00. The number of nitrogens with zero attached hydrogens (tertiary/aromatic N) is 1. The number of ketones is 1. The van der Waals surface area contributed by atoms with E-state index in [9.17, 15) is 14.7 Å².